The number of nitrogens with one attached hydrogen (secondary N) is 1. The first-order valence-corrected chi connectivity index (χ1v) is 18.3. The number of carbonyl (C=O) groups is 1. The second-order valence-corrected chi connectivity index (χ2v) is 15.8. The van der Waals surface area contributed by atoms with E-state index in [1.54, 1.807) is 11.1 Å². The average Bonchev–Trinajstić information content (AvgIpc) is 3.73. The molecule has 0 saturated heterocycles. The van der Waals surface area contributed by atoms with Crippen LogP contribution in [0.15, 0.2) is 18.5 Å². The summed E-state index contributed by atoms with van der Waals surface area (Å²) in [5.74, 6) is 0.202. The van der Waals surface area contributed by atoms with Crippen molar-refractivity contribution in [3.8, 4) is 0 Å². The molecule has 7 nitrogen and oxygen atoms in total. The molecule has 5 rings (SSSR count). The van der Waals surface area contributed by atoms with Gasteiger partial charge in [0.2, 0.25) is 0 Å². The van der Waals surface area contributed by atoms with Crippen molar-refractivity contribution in [1.82, 2.24) is 19.8 Å². The first-order valence-electron chi connectivity index (χ1n) is 18.3. The summed E-state index contributed by atoms with van der Waals surface area (Å²) >= 11 is 0. The molecule has 1 aliphatic heterocycles. The molecule has 2 aliphatic carbocycles. The van der Waals surface area contributed by atoms with Crippen LogP contribution in [-0.2, 0) is 11.5 Å². The van der Waals surface area contributed by atoms with Crippen LogP contribution >= 0.6 is 0 Å². The van der Waals surface area contributed by atoms with Gasteiger partial charge in [0.1, 0.15) is 17.9 Å². The van der Waals surface area contributed by atoms with Crippen molar-refractivity contribution in [3.05, 3.63) is 24.0 Å². The van der Waals surface area contributed by atoms with Gasteiger partial charge in [-0.05, 0) is 75.3 Å². The van der Waals surface area contributed by atoms with Crippen LogP contribution in [0.2, 0.25) is 0 Å². The lowest BCUT2D eigenvalue weighted by molar-refractivity contribution is -0.166. The predicted octanol–water partition coefficient (Wildman–Crippen LogP) is 9.05. The molecule has 1 amide bonds. The van der Waals surface area contributed by atoms with Crippen LogP contribution in [-0.4, -0.2) is 65.0 Å². The number of carbonyl (C=O) groups excluding carboxylic acids is 1. The van der Waals surface area contributed by atoms with Crippen LogP contribution in [0.1, 0.15) is 134 Å². The van der Waals surface area contributed by atoms with Crippen LogP contribution in [0.25, 0.3) is 11.0 Å². The second kappa shape index (κ2) is 15.5. The SMILES string of the molecule is CN1CN(C2CCC(CNC3(C(F)(F)F)CC3)CC2)c2c(cnc3c2ccn3COCCCCCCCCCCCC(C)(C)C)C1=O. The zero-order chi connectivity index (χ0) is 33.7. The summed E-state index contributed by atoms with van der Waals surface area (Å²) in [6, 6.07) is 2.26. The number of halogens is 3. The zero-order valence-electron chi connectivity index (χ0n) is 29.3. The Labute approximate surface area is 280 Å². The number of alkyl halides is 3. The van der Waals surface area contributed by atoms with Gasteiger partial charge in [0.05, 0.1) is 17.9 Å². The molecule has 10 heteroatoms. The van der Waals surface area contributed by atoms with E-state index >= 15 is 0 Å². The lowest BCUT2D eigenvalue weighted by atomic mass is 9.84. The van der Waals surface area contributed by atoms with E-state index in [4.69, 9.17) is 9.72 Å². The van der Waals surface area contributed by atoms with Gasteiger partial charge in [-0.1, -0.05) is 72.1 Å². The Morgan fingerprint density at radius 1 is 0.957 bits per heavy atom. The van der Waals surface area contributed by atoms with Crippen molar-refractivity contribution < 1.29 is 22.7 Å². The molecule has 2 aromatic heterocycles. The van der Waals surface area contributed by atoms with Crippen molar-refractivity contribution in [2.75, 3.05) is 31.8 Å². The zero-order valence-corrected chi connectivity index (χ0v) is 29.3. The van der Waals surface area contributed by atoms with Gasteiger partial charge in [0.25, 0.3) is 5.91 Å². The number of nitrogens with zero attached hydrogens (tertiary/aromatic N) is 4. The van der Waals surface area contributed by atoms with Gasteiger partial charge in [-0.25, -0.2) is 4.98 Å². The molecule has 2 fully saturated rings. The quantitative estimate of drug-likeness (QED) is 0.172. The average molecular weight is 662 g/mol. The van der Waals surface area contributed by atoms with Gasteiger partial charge in [-0.2, -0.15) is 13.2 Å². The highest BCUT2D eigenvalue weighted by atomic mass is 19.4. The fraction of sp³-hybridized carbons (Fsp3) is 0.784. The predicted molar refractivity (Wildman–Crippen MR) is 183 cm³/mol. The molecule has 0 spiro atoms. The summed E-state index contributed by atoms with van der Waals surface area (Å²) in [6.45, 7) is 9.02. The Balaban J connectivity index is 1.07. The number of hydrogen-bond donors (Lipinski definition) is 1. The number of hydrogen-bond acceptors (Lipinski definition) is 5. The van der Waals surface area contributed by atoms with E-state index in [-0.39, 0.29) is 30.7 Å². The molecule has 2 saturated carbocycles. The highest BCUT2D eigenvalue weighted by Crippen LogP contribution is 2.49. The molecule has 0 radical (unpaired) electrons. The Morgan fingerprint density at radius 2 is 1.60 bits per heavy atom. The van der Waals surface area contributed by atoms with Crippen LogP contribution in [0.5, 0.6) is 0 Å². The van der Waals surface area contributed by atoms with Crippen LogP contribution in [0.3, 0.4) is 0 Å². The van der Waals surface area contributed by atoms with Gasteiger partial charge in [0, 0.05) is 37.5 Å². The van der Waals surface area contributed by atoms with E-state index in [2.05, 4.69) is 31.0 Å². The van der Waals surface area contributed by atoms with Crippen molar-refractivity contribution in [2.24, 2.45) is 11.3 Å². The monoisotopic (exact) mass is 661 g/mol. The number of fused-ring (bicyclic) bond motifs is 3. The third-order valence-corrected chi connectivity index (χ3v) is 10.7. The summed E-state index contributed by atoms with van der Waals surface area (Å²) in [6.07, 6.45) is 16.3. The molecule has 0 unspecified atom stereocenters. The van der Waals surface area contributed by atoms with E-state index in [1.807, 2.05) is 23.9 Å². The number of amides is 1. The molecule has 264 valence electrons. The Kier molecular flexibility index (Phi) is 11.8. The minimum absolute atomic E-state index is 0.0325. The van der Waals surface area contributed by atoms with Gasteiger partial charge in [-0.15, -0.1) is 0 Å². The highest BCUT2D eigenvalue weighted by Gasteiger charge is 2.63. The van der Waals surface area contributed by atoms with Gasteiger partial charge in [-0.3, -0.25) is 4.79 Å². The lowest BCUT2D eigenvalue weighted by Crippen LogP contribution is -2.51. The Morgan fingerprint density at radius 3 is 2.21 bits per heavy atom. The molecule has 1 N–H and O–H groups in total. The topological polar surface area (TPSA) is 62.6 Å². The maximum absolute atomic E-state index is 13.4. The Bertz CT molecular complexity index is 1310. The van der Waals surface area contributed by atoms with E-state index in [9.17, 15) is 18.0 Å². The second-order valence-electron chi connectivity index (χ2n) is 15.8. The molecular formula is C37H58F3N5O2. The van der Waals surface area contributed by atoms with E-state index < -0.39 is 11.7 Å². The summed E-state index contributed by atoms with van der Waals surface area (Å²) in [7, 11) is 1.82. The molecule has 47 heavy (non-hydrogen) atoms. The summed E-state index contributed by atoms with van der Waals surface area (Å²) in [5.41, 5.74) is 1.16. The van der Waals surface area contributed by atoms with Gasteiger partial charge in [0.15, 0.2) is 0 Å². The molecular weight excluding hydrogens is 603 g/mol. The van der Waals surface area contributed by atoms with E-state index in [0.717, 1.165) is 55.4 Å². The van der Waals surface area contributed by atoms with Crippen molar-refractivity contribution in [1.29, 1.82) is 0 Å². The van der Waals surface area contributed by atoms with Gasteiger partial charge < -0.3 is 24.4 Å². The number of anilines is 1. The van der Waals surface area contributed by atoms with Crippen LogP contribution in [0.4, 0.5) is 18.9 Å². The van der Waals surface area contributed by atoms with Crippen molar-refractivity contribution in [2.45, 2.75) is 148 Å². The molecule has 0 aromatic carbocycles. The van der Waals surface area contributed by atoms with E-state index in [0.29, 0.717) is 30.9 Å². The maximum Gasteiger partial charge on any atom is 0.406 e. The van der Waals surface area contributed by atoms with Gasteiger partial charge >= 0.3 is 6.18 Å². The first kappa shape index (κ1) is 36.0. The minimum atomic E-state index is -4.18. The standard InChI is InChI=1S/C37H58F3N5O2/c1-35(2,3)19-12-10-8-6-5-7-9-11-13-23-47-27-44-22-18-30-32-31(25-41-33(30)44)34(46)43(4)26-45(32)29-16-14-28(15-17-29)24-42-36(20-21-36)37(38,39)40/h18,22,25,28-29,42H,5-17,19-21,23-24,26-27H2,1-4H3. The fourth-order valence-electron chi connectivity index (χ4n) is 7.51. The normalized spacial score (nSPS) is 21.5. The number of ether oxygens (including phenoxy) is 1. The number of rotatable bonds is 17. The summed E-state index contributed by atoms with van der Waals surface area (Å²) in [5, 5.41) is 3.82. The smallest absolute Gasteiger partial charge is 0.361 e. The Hall–Kier alpha value is -2.33. The highest BCUT2D eigenvalue weighted by molar-refractivity contribution is 6.08. The fourth-order valence-corrected chi connectivity index (χ4v) is 7.51. The third-order valence-electron chi connectivity index (χ3n) is 10.7. The number of pyridine rings is 1. The van der Waals surface area contributed by atoms with Crippen LogP contribution < -0.4 is 10.2 Å². The minimum Gasteiger partial charge on any atom is -0.361 e. The summed E-state index contributed by atoms with van der Waals surface area (Å²) < 4.78 is 48.3. The van der Waals surface area contributed by atoms with Crippen molar-refractivity contribution >= 4 is 22.6 Å². The molecule has 3 aliphatic rings. The van der Waals surface area contributed by atoms with E-state index in [1.165, 1.54) is 57.8 Å². The molecule has 3 heterocycles. The largest absolute Gasteiger partial charge is 0.406 e. The summed E-state index contributed by atoms with van der Waals surface area (Å²) in [4.78, 5) is 21.9. The number of unbranched alkanes of at least 4 members (excludes halogenated alkanes) is 8. The van der Waals surface area contributed by atoms with Crippen LogP contribution in [0, 0.1) is 11.3 Å². The number of aromatic nitrogens is 2. The first-order chi connectivity index (χ1) is 22.4. The van der Waals surface area contributed by atoms with Crippen molar-refractivity contribution in [3.63, 3.8) is 0 Å². The maximum atomic E-state index is 13.4. The molecule has 0 atom stereocenters. The third kappa shape index (κ3) is 9.22. The molecule has 0 bridgehead atoms. The molecule has 2 aromatic rings. The lowest BCUT2D eigenvalue weighted by Gasteiger charge is -2.44.